The van der Waals surface area contributed by atoms with E-state index in [0.717, 1.165) is 6.07 Å². The molecule has 1 aliphatic heterocycles. The molecule has 1 N–H and O–H groups in total. The van der Waals surface area contributed by atoms with Crippen LogP contribution in [0.25, 0.3) is 0 Å². The van der Waals surface area contributed by atoms with Crippen LogP contribution in [0.4, 0.5) is 13.2 Å². The van der Waals surface area contributed by atoms with Gasteiger partial charge in [-0.3, -0.25) is 4.79 Å². The standard InChI is InChI=1S/C14H14F3N3O/c1-20-6-4-14(8-18,5-7-20)19-13(21)9-2-3-10(15)12(17)11(9)16/h2-3H,4-7H2,1H3,(H,19,21). The molecule has 1 amide bonds. The van der Waals surface area contributed by atoms with E-state index in [-0.39, 0.29) is 0 Å². The fraction of sp³-hybridized carbons (Fsp3) is 0.429. The number of nitrogens with zero attached hydrogens (tertiary/aromatic N) is 2. The number of halogens is 3. The van der Waals surface area contributed by atoms with Gasteiger partial charge in [-0.15, -0.1) is 0 Å². The number of likely N-dealkylation sites (tertiary alicyclic amines) is 1. The normalized spacial score (nSPS) is 18.0. The minimum absolute atomic E-state index is 0.386. The van der Waals surface area contributed by atoms with Crippen LogP contribution < -0.4 is 5.32 Å². The van der Waals surface area contributed by atoms with Gasteiger partial charge in [-0.05, 0) is 32.0 Å². The fourth-order valence-electron chi connectivity index (χ4n) is 2.25. The third-order valence-corrected chi connectivity index (χ3v) is 3.69. The number of nitrogens with one attached hydrogen (secondary N) is 1. The molecule has 0 saturated carbocycles. The predicted octanol–water partition coefficient (Wildman–Crippen LogP) is 1.82. The lowest BCUT2D eigenvalue weighted by molar-refractivity contribution is 0.0876. The van der Waals surface area contributed by atoms with Crippen LogP contribution >= 0.6 is 0 Å². The first-order valence-corrected chi connectivity index (χ1v) is 6.44. The molecule has 0 spiro atoms. The van der Waals surface area contributed by atoms with E-state index in [2.05, 4.69) is 5.32 Å². The van der Waals surface area contributed by atoms with E-state index in [1.165, 1.54) is 0 Å². The van der Waals surface area contributed by atoms with Crippen molar-refractivity contribution < 1.29 is 18.0 Å². The first-order valence-electron chi connectivity index (χ1n) is 6.44. The number of hydrogen-bond donors (Lipinski definition) is 1. The molecular weight excluding hydrogens is 283 g/mol. The molecular formula is C14H14F3N3O. The molecule has 21 heavy (non-hydrogen) atoms. The first kappa shape index (κ1) is 15.3. The van der Waals surface area contributed by atoms with Gasteiger partial charge in [-0.25, -0.2) is 13.2 Å². The molecule has 0 radical (unpaired) electrons. The number of hydrogen-bond acceptors (Lipinski definition) is 3. The molecule has 0 atom stereocenters. The van der Waals surface area contributed by atoms with Gasteiger partial charge < -0.3 is 10.2 Å². The predicted molar refractivity (Wildman–Crippen MR) is 68.9 cm³/mol. The number of amides is 1. The van der Waals surface area contributed by atoms with Gasteiger partial charge in [-0.2, -0.15) is 5.26 Å². The molecule has 0 aliphatic carbocycles. The Morgan fingerprint density at radius 2 is 1.90 bits per heavy atom. The van der Waals surface area contributed by atoms with Crippen molar-refractivity contribution in [2.24, 2.45) is 0 Å². The van der Waals surface area contributed by atoms with Crippen LogP contribution in [0.2, 0.25) is 0 Å². The van der Waals surface area contributed by atoms with Gasteiger partial charge in [0.2, 0.25) is 0 Å². The second-order valence-electron chi connectivity index (χ2n) is 5.17. The topological polar surface area (TPSA) is 56.1 Å². The lowest BCUT2D eigenvalue weighted by Gasteiger charge is -2.36. The Kier molecular flexibility index (Phi) is 4.19. The zero-order valence-electron chi connectivity index (χ0n) is 11.4. The largest absolute Gasteiger partial charge is 0.334 e. The second-order valence-corrected chi connectivity index (χ2v) is 5.17. The fourth-order valence-corrected chi connectivity index (χ4v) is 2.25. The third kappa shape index (κ3) is 3.00. The van der Waals surface area contributed by atoms with Gasteiger partial charge in [0, 0.05) is 13.1 Å². The summed E-state index contributed by atoms with van der Waals surface area (Å²) < 4.78 is 39.6. The van der Waals surface area contributed by atoms with Crippen LogP contribution in [0, 0.1) is 28.8 Å². The number of carbonyl (C=O) groups excluding carboxylic acids is 1. The SMILES string of the molecule is CN1CCC(C#N)(NC(=O)c2ccc(F)c(F)c2F)CC1. The summed E-state index contributed by atoms with van der Waals surface area (Å²) in [7, 11) is 1.89. The van der Waals surface area contributed by atoms with Crippen molar-refractivity contribution in [1.29, 1.82) is 5.26 Å². The summed E-state index contributed by atoms with van der Waals surface area (Å²) in [6.45, 7) is 1.21. The summed E-state index contributed by atoms with van der Waals surface area (Å²) in [5.41, 5.74) is -1.72. The van der Waals surface area contributed by atoms with Crippen molar-refractivity contribution in [2.45, 2.75) is 18.4 Å². The average molecular weight is 297 g/mol. The lowest BCUT2D eigenvalue weighted by Crippen LogP contribution is -2.54. The first-order chi connectivity index (χ1) is 9.88. The number of piperidine rings is 1. The van der Waals surface area contributed by atoms with E-state index in [1.54, 1.807) is 0 Å². The van der Waals surface area contributed by atoms with E-state index in [0.29, 0.717) is 32.0 Å². The highest BCUT2D eigenvalue weighted by Crippen LogP contribution is 2.22. The number of nitriles is 1. The van der Waals surface area contributed by atoms with Crippen LogP contribution in [-0.4, -0.2) is 36.5 Å². The van der Waals surface area contributed by atoms with Crippen molar-refractivity contribution in [1.82, 2.24) is 10.2 Å². The van der Waals surface area contributed by atoms with Gasteiger partial charge in [0.15, 0.2) is 17.5 Å². The third-order valence-electron chi connectivity index (χ3n) is 3.69. The molecule has 1 aromatic carbocycles. The van der Waals surface area contributed by atoms with Crippen molar-refractivity contribution in [2.75, 3.05) is 20.1 Å². The van der Waals surface area contributed by atoms with Crippen LogP contribution in [0.15, 0.2) is 12.1 Å². The molecule has 1 aliphatic rings. The molecule has 1 fully saturated rings. The van der Waals surface area contributed by atoms with Gasteiger partial charge in [0.25, 0.3) is 5.91 Å². The minimum atomic E-state index is -1.70. The van der Waals surface area contributed by atoms with Gasteiger partial charge in [-0.1, -0.05) is 0 Å². The van der Waals surface area contributed by atoms with Crippen molar-refractivity contribution in [3.05, 3.63) is 35.1 Å². The highest BCUT2D eigenvalue weighted by Gasteiger charge is 2.36. The van der Waals surface area contributed by atoms with Gasteiger partial charge in [0.1, 0.15) is 5.54 Å². The monoisotopic (exact) mass is 297 g/mol. The van der Waals surface area contributed by atoms with E-state index >= 15 is 0 Å². The molecule has 1 heterocycles. The van der Waals surface area contributed by atoms with Crippen LogP contribution in [0.1, 0.15) is 23.2 Å². The smallest absolute Gasteiger partial charge is 0.255 e. The summed E-state index contributed by atoms with van der Waals surface area (Å²) in [5.74, 6) is -5.53. The van der Waals surface area contributed by atoms with Crippen molar-refractivity contribution in [3.8, 4) is 6.07 Å². The summed E-state index contributed by atoms with van der Waals surface area (Å²) in [6, 6.07) is 3.58. The molecule has 0 aromatic heterocycles. The second kappa shape index (κ2) is 5.74. The lowest BCUT2D eigenvalue weighted by atomic mass is 9.89. The summed E-state index contributed by atoms with van der Waals surface area (Å²) in [5, 5.41) is 11.7. The zero-order chi connectivity index (χ0) is 15.6. The molecule has 0 unspecified atom stereocenters. The Balaban J connectivity index is 2.22. The van der Waals surface area contributed by atoms with E-state index in [9.17, 15) is 23.2 Å². The summed E-state index contributed by atoms with van der Waals surface area (Å²) >= 11 is 0. The van der Waals surface area contributed by atoms with Crippen LogP contribution in [0.5, 0.6) is 0 Å². The number of rotatable bonds is 2. The van der Waals surface area contributed by atoms with Crippen molar-refractivity contribution in [3.63, 3.8) is 0 Å². The minimum Gasteiger partial charge on any atom is -0.334 e. The van der Waals surface area contributed by atoms with Gasteiger partial charge >= 0.3 is 0 Å². The maximum absolute atomic E-state index is 13.6. The number of benzene rings is 1. The maximum atomic E-state index is 13.6. The Hall–Kier alpha value is -2.07. The maximum Gasteiger partial charge on any atom is 0.255 e. The van der Waals surface area contributed by atoms with E-state index < -0.39 is 34.5 Å². The van der Waals surface area contributed by atoms with Gasteiger partial charge in [0.05, 0.1) is 11.6 Å². The molecule has 7 heteroatoms. The number of carbonyl (C=O) groups is 1. The van der Waals surface area contributed by atoms with E-state index in [1.807, 2.05) is 18.0 Å². The van der Waals surface area contributed by atoms with Crippen LogP contribution in [-0.2, 0) is 0 Å². The Labute approximate surface area is 120 Å². The quantitative estimate of drug-likeness (QED) is 0.847. The molecule has 2 rings (SSSR count). The Morgan fingerprint density at radius 1 is 1.29 bits per heavy atom. The van der Waals surface area contributed by atoms with Crippen molar-refractivity contribution >= 4 is 5.91 Å². The molecule has 0 bridgehead atoms. The Morgan fingerprint density at radius 3 is 2.48 bits per heavy atom. The molecule has 112 valence electrons. The zero-order valence-corrected chi connectivity index (χ0v) is 11.4. The average Bonchev–Trinajstić information content (AvgIpc) is 2.47. The van der Waals surface area contributed by atoms with E-state index in [4.69, 9.17) is 0 Å². The summed E-state index contributed by atoms with van der Waals surface area (Å²) in [6.07, 6.45) is 0.772. The highest BCUT2D eigenvalue weighted by atomic mass is 19.2. The molecule has 1 aromatic rings. The summed E-state index contributed by atoms with van der Waals surface area (Å²) in [4.78, 5) is 14.0. The Bertz CT molecular complexity index is 604. The highest BCUT2D eigenvalue weighted by molar-refractivity contribution is 5.95. The molecule has 1 saturated heterocycles. The van der Waals surface area contributed by atoms with Crippen LogP contribution in [0.3, 0.4) is 0 Å². The molecule has 4 nitrogen and oxygen atoms in total.